The lowest BCUT2D eigenvalue weighted by Crippen LogP contribution is -2.40. The van der Waals surface area contributed by atoms with Gasteiger partial charge < -0.3 is 19.9 Å². The fourth-order valence-corrected chi connectivity index (χ4v) is 0.679. The minimum absolute atomic E-state index is 0.0992. The van der Waals surface area contributed by atoms with Gasteiger partial charge in [-0.2, -0.15) is 0 Å². The number of aliphatic carboxylic acids is 1. The van der Waals surface area contributed by atoms with E-state index >= 15 is 0 Å². The van der Waals surface area contributed by atoms with Crippen LogP contribution in [0.4, 0.5) is 0 Å². The van der Waals surface area contributed by atoms with Crippen LogP contribution < -0.4 is 5.32 Å². The number of methoxy groups -OCH3 is 2. The third-order valence-electron chi connectivity index (χ3n) is 1.31. The molecular formula is C7H13NO5. The van der Waals surface area contributed by atoms with Crippen molar-refractivity contribution < 1.29 is 24.2 Å². The topological polar surface area (TPSA) is 84.9 Å². The molecule has 0 radical (unpaired) electrons. The van der Waals surface area contributed by atoms with Crippen LogP contribution in [0.15, 0.2) is 0 Å². The number of rotatable bonds is 6. The summed E-state index contributed by atoms with van der Waals surface area (Å²) < 4.78 is 9.44. The molecule has 0 aliphatic rings. The minimum atomic E-state index is -1.10. The Hall–Kier alpha value is -1.14. The summed E-state index contributed by atoms with van der Waals surface area (Å²) in [5, 5.41) is 10.4. The molecule has 0 saturated heterocycles. The normalized spacial score (nSPS) is 12.2. The summed E-state index contributed by atoms with van der Waals surface area (Å²) in [6, 6.07) is 0. The van der Waals surface area contributed by atoms with Crippen LogP contribution in [-0.2, 0) is 19.1 Å². The van der Waals surface area contributed by atoms with E-state index in [4.69, 9.17) is 9.84 Å². The number of amides is 1. The van der Waals surface area contributed by atoms with Crippen LogP contribution in [0.2, 0.25) is 0 Å². The Morgan fingerprint density at radius 2 is 2.08 bits per heavy atom. The fraction of sp³-hybridized carbons (Fsp3) is 0.714. The van der Waals surface area contributed by atoms with Crippen LogP contribution in [0.1, 0.15) is 0 Å². The van der Waals surface area contributed by atoms with Gasteiger partial charge in [0.05, 0.1) is 6.61 Å². The van der Waals surface area contributed by atoms with Crippen LogP contribution >= 0.6 is 0 Å². The lowest BCUT2D eigenvalue weighted by Gasteiger charge is -2.12. The Bertz CT molecular complexity index is 182. The molecule has 0 heterocycles. The Morgan fingerprint density at radius 3 is 2.46 bits per heavy atom. The largest absolute Gasteiger partial charge is 0.480 e. The van der Waals surface area contributed by atoms with Gasteiger partial charge in [0.25, 0.3) is 5.91 Å². The second-order valence-electron chi connectivity index (χ2n) is 2.29. The molecule has 0 aromatic carbocycles. The maximum atomic E-state index is 11.1. The first kappa shape index (κ1) is 11.9. The van der Waals surface area contributed by atoms with Crippen molar-refractivity contribution in [3.05, 3.63) is 0 Å². The van der Waals surface area contributed by atoms with Crippen molar-refractivity contribution in [2.45, 2.75) is 6.10 Å². The van der Waals surface area contributed by atoms with Crippen molar-refractivity contribution in [3.63, 3.8) is 0 Å². The van der Waals surface area contributed by atoms with Crippen LogP contribution in [0.25, 0.3) is 0 Å². The average Bonchev–Trinajstić information content (AvgIpc) is 2.10. The zero-order valence-electron chi connectivity index (χ0n) is 7.57. The van der Waals surface area contributed by atoms with Crippen molar-refractivity contribution in [2.75, 3.05) is 27.4 Å². The summed E-state index contributed by atoms with van der Waals surface area (Å²) in [5.41, 5.74) is 0. The summed E-state index contributed by atoms with van der Waals surface area (Å²) in [4.78, 5) is 21.2. The van der Waals surface area contributed by atoms with Gasteiger partial charge in [0.2, 0.25) is 0 Å². The van der Waals surface area contributed by atoms with E-state index in [1.54, 1.807) is 0 Å². The third-order valence-corrected chi connectivity index (χ3v) is 1.31. The number of ether oxygens (including phenoxy) is 2. The smallest absolute Gasteiger partial charge is 0.322 e. The molecule has 0 saturated carbocycles. The molecule has 0 aliphatic carbocycles. The van der Waals surface area contributed by atoms with Crippen LogP contribution in [-0.4, -0.2) is 50.5 Å². The summed E-state index contributed by atoms with van der Waals surface area (Å²) in [6.07, 6.45) is -0.760. The number of carbonyl (C=O) groups excluding carboxylic acids is 1. The predicted octanol–water partition coefficient (Wildman–Crippen LogP) is -1.15. The number of carboxylic acid groups (broad SMARTS) is 1. The van der Waals surface area contributed by atoms with Crippen LogP contribution in [0.5, 0.6) is 0 Å². The first-order valence-corrected chi connectivity index (χ1v) is 3.63. The van der Waals surface area contributed by atoms with E-state index in [9.17, 15) is 9.59 Å². The molecule has 0 spiro atoms. The minimum Gasteiger partial charge on any atom is -0.480 e. The zero-order valence-corrected chi connectivity index (χ0v) is 7.57. The van der Waals surface area contributed by atoms with Gasteiger partial charge in [0.15, 0.2) is 6.10 Å². The van der Waals surface area contributed by atoms with E-state index in [0.29, 0.717) is 0 Å². The van der Waals surface area contributed by atoms with Crippen molar-refractivity contribution in [2.24, 2.45) is 0 Å². The van der Waals surface area contributed by atoms with Gasteiger partial charge in [-0.25, -0.2) is 0 Å². The van der Waals surface area contributed by atoms with Gasteiger partial charge in [-0.3, -0.25) is 9.59 Å². The second-order valence-corrected chi connectivity index (χ2v) is 2.29. The van der Waals surface area contributed by atoms with Gasteiger partial charge in [-0.05, 0) is 0 Å². The van der Waals surface area contributed by atoms with Crippen molar-refractivity contribution in [1.29, 1.82) is 0 Å². The Morgan fingerprint density at radius 1 is 1.46 bits per heavy atom. The van der Waals surface area contributed by atoms with E-state index in [1.165, 1.54) is 14.2 Å². The Labute approximate surface area is 75.8 Å². The van der Waals surface area contributed by atoms with Crippen LogP contribution in [0.3, 0.4) is 0 Å². The highest BCUT2D eigenvalue weighted by Gasteiger charge is 2.17. The zero-order chi connectivity index (χ0) is 10.3. The van der Waals surface area contributed by atoms with Gasteiger partial charge in [0.1, 0.15) is 6.54 Å². The van der Waals surface area contributed by atoms with E-state index in [1.807, 2.05) is 0 Å². The van der Waals surface area contributed by atoms with E-state index in [0.717, 1.165) is 0 Å². The quantitative estimate of drug-likeness (QED) is 0.553. The summed E-state index contributed by atoms with van der Waals surface area (Å²) in [7, 11) is 2.78. The lowest BCUT2D eigenvalue weighted by molar-refractivity contribution is -0.141. The average molecular weight is 191 g/mol. The van der Waals surface area contributed by atoms with Gasteiger partial charge in [-0.15, -0.1) is 0 Å². The molecule has 6 nitrogen and oxygen atoms in total. The van der Waals surface area contributed by atoms with Gasteiger partial charge in [0, 0.05) is 14.2 Å². The Kier molecular flexibility index (Phi) is 5.82. The number of carboxylic acids is 1. The van der Waals surface area contributed by atoms with Crippen molar-refractivity contribution in [3.8, 4) is 0 Å². The first-order chi connectivity index (χ1) is 6.11. The number of hydrogen-bond acceptors (Lipinski definition) is 4. The monoisotopic (exact) mass is 191 g/mol. The highest BCUT2D eigenvalue weighted by Crippen LogP contribution is 1.90. The third kappa shape index (κ3) is 5.15. The number of nitrogens with one attached hydrogen (secondary N) is 1. The molecule has 0 aromatic heterocycles. The molecule has 6 heteroatoms. The molecule has 1 amide bonds. The molecule has 2 N–H and O–H groups in total. The summed E-state index contributed by atoms with van der Waals surface area (Å²) in [6.45, 7) is -0.315. The molecule has 0 aromatic rings. The van der Waals surface area contributed by atoms with Gasteiger partial charge in [-0.1, -0.05) is 0 Å². The number of hydrogen-bond donors (Lipinski definition) is 2. The second kappa shape index (κ2) is 6.38. The molecule has 13 heavy (non-hydrogen) atoms. The number of carbonyl (C=O) groups is 2. The highest BCUT2D eigenvalue weighted by atomic mass is 16.5. The highest BCUT2D eigenvalue weighted by molar-refractivity contribution is 5.84. The Balaban J connectivity index is 3.84. The van der Waals surface area contributed by atoms with E-state index < -0.39 is 24.5 Å². The van der Waals surface area contributed by atoms with Crippen molar-refractivity contribution >= 4 is 11.9 Å². The molecule has 76 valence electrons. The van der Waals surface area contributed by atoms with Crippen molar-refractivity contribution in [1.82, 2.24) is 5.32 Å². The maximum absolute atomic E-state index is 11.1. The molecule has 0 fully saturated rings. The fourth-order valence-electron chi connectivity index (χ4n) is 0.679. The van der Waals surface area contributed by atoms with Crippen LogP contribution in [0, 0.1) is 0 Å². The molecule has 1 atom stereocenters. The van der Waals surface area contributed by atoms with E-state index in [2.05, 4.69) is 10.1 Å². The molecule has 0 bridgehead atoms. The standard InChI is InChI=1S/C7H13NO5/c1-12-4-5(13-2)7(11)8-3-6(9)10/h5H,3-4H2,1-2H3,(H,8,11)(H,9,10). The van der Waals surface area contributed by atoms with Gasteiger partial charge >= 0.3 is 5.97 Å². The predicted molar refractivity (Wildman–Crippen MR) is 43.3 cm³/mol. The maximum Gasteiger partial charge on any atom is 0.322 e. The molecule has 0 rings (SSSR count). The SMILES string of the molecule is COCC(OC)C(=O)NCC(=O)O. The molecule has 1 unspecified atom stereocenters. The lowest BCUT2D eigenvalue weighted by atomic mass is 10.3. The van der Waals surface area contributed by atoms with E-state index in [-0.39, 0.29) is 6.61 Å². The summed E-state index contributed by atoms with van der Waals surface area (Å²) >= 11 is 0. The molecule has 0 aliphatic heterocycles. The summed E-state index contributed by atoms with van der Waals surface area (Å²) in [5.74, 6) is -1.59. The first-order valence-electron chi connectivity index (χ1n) is 3.63. The molecular weight excluding hydrogens is 178 g/mol.